The fourth-order valence-corrected chi connectivity index (χ4v) is 5.94. The molecule has 1 aliphatic heterocycles. The normalized spacial score (nSPS) is 23.7. The summed E-state index contributed by atoms with van der Waals surface area (Å²) >= 11 is 7.10. The minimum atomic E-state index is -2.89. The summed E-state index contributed by atoms with van der Waals surface area (Å²) in [7, 11) is 0. The third-order valence-electron chi connectivity index (χ3n) is 6.84. The van der Waals surface area contributed by atoms with Gasteiger partial charge in [0.15, 0.2) is 0 Å². The standard InChI is InChI=1S/C25H23ClF2N4O3S/c26-15-11-17(20(21(27)28)30-12-15)22(33)31-16-7-5-14(6-8-16)13-32-19-4-2-1-3-18(19)25(35,24(32)34)23-29-9-10-36-23/h1-4,9-12,14,16,21,35H,5-8,13H2,(H,31,33). The van der Waals surface area contributed by atoms with Gasteiger partial charge in [-0.1, -0.05) is 29.8 Å². The second-order valence-electron chi connectivity index (χ2n) is 9.06. The average molecular weight is 533 g/mol. The van der Waals surface area contributed by atoms with Gasteiger partial charge in [0.2, 0.25) is 5.60 Å². The van der Waals surface area contributed by atoms with Crippen LogP contribution in [-0.2, 0) is 10.4 Å². The third-order valence-corrected chi connectivity index (χ3v) is 7.93. The molecular formula is C25H23ClF2N4O3S. The molecule has 11 heteroatoms. The Morgan fingerprint density at radius 1 is 1.25 bits per heavy atom. The van der Waals surface area contributed by atoms with E-state index in [2.05, 4.69) is 15.3 Å². The van der Waals surface area contributed by atoms with Crippen molar-refractivity contribution in [3.05, 3.63) is 75.0 Å². The van der Waals surface area contributed by atoms with Crippen LogP contribution in [0.1, 0.15) is 58.7 Å². The quantitative estimate of drug-likeness (QED) is 0.480. The highest BCUT2D eigenvalue weighted by Gasteiger charge is 2.53. The Morgan fingerprint density at radius 2 is 2.00 bits per heavy atom. The fraction of sp³-hybridized carbons (Fsp3) is 0.360. The first-order valence-electron chi connectivity index (χ1n) is 11.6. The number of anilines is 1. The zero-order valence-corrected chi connectivity index (χ0v) is 20.6. The number of nitrogens with zero attached hydrogens (tertiary/aromatic N) is 3. The summed E-state index contributed by atoms with van der Waals surface area (Å²) in [6.45, 7) is 0.429. The van der Waals surface area contributed by atoms with Crippen LogP contribution in [0.3, 0.4) is 0 Å². The highest BCUT2D eigenvalue weighted by Crippen LogP contribution is 2.45. The van der Waals surface area contributed by atoms with Crippen molar-refractivity contribution in [2.45, 2.75) is 43.8 Å². The zero-order valence-electron chi connectivity index (χ0n) is 19.0. The van der Waals surface area contributed by atoms with Gasteiger partial charge in [-0.2, -0.15) is 0 Å². The van der Waals surface area contributed by atoms with E-state index in [1.165, 1.54) is 17.4 Å². The van der Waals surface area contributed by atoms with Gasteiger partial charge in [-0.25, -0.2) is 13.8 Å². The number of fused-ring (bicyclic) bond motifs is 1. The maximum absolute atomic E-state index is 13.4. The lowest BCUT2D eigenvalue weighted by atomic mass is 9.85. The van der Waals surface area contributed by atoms with E-state index in [-0.39, 0.29) is 22.5 Å². The van der Waals surface area contributed by atoms with Crippen molar-refractivity contribution >= 4 is 40.4 Å². The molecule has 0 spiro atoms. The summed E-state index contributed by atoms with van der Waals surface area (Å²) < 4.78 is 26.6. The van der Waals surface area contributed by atoms with Gasteiger partial charge in [0.05, 0.1) is 16.3 Å². The molecule has 1 aromatic carbocycles. The maximum atomic E-state index is 13.4. The van der Waals surface area contributed by atoms with Gasteiger partial charge in [0.25, 0.3) is 18.2 Å². The predicted octanol–water partition coefficient (Wildman–Crippen LogP) is 4.70. The van der Waals surface area contributed by atoms with Crippen molar-refractivity contribution in [1.82, 2.24) is 15.3 Å². The van der Waals surface area contributed by atoms with Crippen molar-refractivity contribution in [3.8, 4) is 0 Å². The van der Waals surface area contributed by atoms with Gasteiger partial charge in [-0.15, -0.1) is 11.3 Å². The summed E-state index contributed by atoms with van der Waals surface area (Å²) in [6.07, 6.45) is 2.49. The largest absolute Gasteiger partial charge is 0.370 e. The molecule has 1 saturated carbocycles. The van der Waals surface area contributed by atoms with Crippen molar-refractivity contribution in [2.75, 3.05) is 11.4 Å². The van der Waals surface area contributed by atoms with E-state index in [0.717, 1.165) is 19.0 Å². The molecule has 1 atom stereocenters. The van der Waals surface area contributed by atoms with Crippen LogP contribution in [0, 0.1) is 5.92 Å². The number of aromatic nitrogens is 2. The number of carbonyl (C=O) groups excluding carboxylic acids is 2. The lowest BCUT2D eigenvalue weighted by Gasteiger charge is -2.32. The van der Waals surface area contributed by atoms with Crippen LogP contribution in [-0.4, -0.2) is 39.5 Å². The number of nitrogens with one attached hydrogen (secondary N) is 1. The Morgan fingerprint density at radius 3 is 2.69 bits per heavy atom. The summed E-state index contributed by atoms with van der Waals surface area (Å²) in [5.74, 6) is -0.888. The number of aliphatic hydroxyl groups is 1. The van der Waals surface area contributed by atoms with Crippen LogP contribution >= 0.6 is 22.9 Å². The van der Waals surface area contributed by atoms with E-state index < -0.39 is 29.5 Å². The SMILES string of the molecule is O=C(NC1CCC(CN2C(=O)C(O)(c3nccs3)c3ccccc32)CC1)c1cc(Cl)cnc1C(F)F. The number of amides is 2. The molecule has 36 heavy (non-hydrogen) atoms. The number of rotatable bonds is 6. The Kier molecular flexibility index (Phi) is 6.76. The van der Waals surface area contributed by atoms with Crippen molar-refractivity contribution < 1.29 is 23.5 Å². The van der Waals surface area contributed by atoms with Gasteiger partial charge in [0, 0.05) is 35.9 Å². The molecule has 0 bridgehead atoms. The maximum Gasteiger partial charge on any atom is 0.281 e. The number of benzene rings is 1. The first-order valence-corrected chi connectivity index (χ1v) is 12.8. The zero-order chi connectivity index (χ0) is 25.4. The number of hydrogen-bond acceptors (Lipinski definition) is 6. The van der Waals surface area contributed by atoms with E-state index in [0.29, 0.717) is 35.6 Å². The molecule has 7 nitrogen and oxygen atoms in total. The molecule has 3 aromatic rings. The first kappa shape index (κ1) is 24.7. The smallest absolute Gasteiger partial charge is 0.281 e. The number of para-hydroxylation sites is 1. The second-order valence-corrected chi connectivity index (χ2v) is 10.4. The number of thiazole rings is 1. The molecule has 2 N–H and O–H groups in total. The highest BCUT2D eigenvalue weighted by atomic mass is 35.5. The van der Waals surface area contributed by atoms with Gasteiger partial charge in [-0.05, 0) is 43.7 Å². The predicted molar refractivity (Wildman–Crippen MR) is 131 cm³/mol. The number of carbonyl (C=O) groups is 2. The average Bonchev–Trinajstić information content (AvgIpc) is 3.49. The summed E-state index contributed by atoms with van der Waals surface area (Å²) in [4.78, 5) is 35.6. The number of hydrogen-bond donors (Lipinski definition) is 2. The van der Waals surface area contributed by atoms with E-state index in [9.17, 15) is 23.5 Å². The monoisotopic (exact) mass is 532 g/mol. The van der Waals surface area contributed by atoms with Crippen molar-refractivity contribution in [3.63, 3.8) is 0 Å². The van der Waals surface area contributed by atoms with E-state index in [1.807, 2.05) is 12.1 Å². The Labute approximate surface area is 215 Å². The molecule has 1 fully saturated rings. The number of pyridine rings is 1. The summed E-state index contributed by atoms with van der Waals surface area (Å²) in [5.41, 5.74) is -1.42. The lowest BCUT2D eigenvalue weighted by molar-refractivity contribution is -0.132. The van der Waals surface area contributed by atoms with Crippen LogP contribution in [0.15, 0.2) is 48.1 Å². The van der Waals surface area contributed by atoms with Crippen LogP contribution in [0.4, 0.5) is 14.5 Å². The highest BCUT2D eigenvalue weighted by molar-refractivity contribution is 7.09. The molecule has 0 saturated heterocycles. The van der Waals surface area contributed by atoms with Gasteiger partial charge < -0.3 is 15.3 Å². The molecule has 3 heterocycles. The fourth-order valence-electron chi connectivity index (χ4n) is 5.04. The van der Waals surface area contributed by atoms with Crippen molar-refractivity contribution in [1.29, 1.82) is 0 Å². The number of alkyl halides is 2. The lowest BCUT2D eigenvalue weighted by Crippen LogP contribution is -2.44. The minimum Gasteiger partial charge on any atom is -0.370 e. The van der Waals surface area contributed by atoms with E-state index in [4.69, 9.17) is 11.6 Å². The van der Waals surface area contributed by atoms with Crippen LogP contribution in [0.2, 0.25) is 5.02 Å². The molecule has 188 valence electrons. The summed E-state index contributed by atoms with van der Waals surface area (Å²) in [6, 6.07) is 8.21. The molecule has 2 aliphatic rings. The van der Waals surface area contributed by atoms with Crippen molar-refractivity contribution in [2.24, 2.45) is 5.92 Å². The molecule has 1 unspecified atom stereocenters. The van der Waals surface area contributed by atoms with E-state index >= 15 is 0 Å². The molecule has 5 rings (SSSR count). The molecule has 1 aliphatic carbocycles. The molecule has 2 amide bonds. The molecular weight excluding hydrogens is 510 g/mol. The summed E-state index contributed by atoms with van der Waals surface area (Å²) in [5, 5.41) is 16.5. The first-order chi connectivity index (χ1) is 17.3. The van der Waals surface area contributed by atoms with Gasteiger partial charge in [-0.3, -0.25) is 14.6 Å². The molecule has 0 radical (unpaired) electrons. The third kappa shape index (κ3) is 4.38. The van der Waals surface area contributed by atoms with Crippen LogP contribution in [0.5, 0.6) is 0 Å². The minimum absolute atomic E-state index is 0.113. The Hall–Kier alpha value is -2.95. The van der Waals surface area contributed by atoms with E-state index in [1.54, 1.807) is 28.6 Å². The Balaban J connectivity index is 1.25. The second kappa shape index (κ2) is 9.84. The Bertz CT molecular complexity index is 1280. The van der Waals surface area contributed by atoms with Crippen LogP contribution in [0.25, 0.3) is 0 Å². The topological polar surface area (TPSA) is 95.4 Å². The van der Waals surface area contributed by atoms with Crippen LogP contribution < -0.4 is 10.2 Å². The number of halogens is 3. The van der Waals surface area contributed by atoms with Gasteiger partial charge in [0.1, 0.15) is 10.7 Å². The van der Waals surface area contributed by atoms with Gasteiger partial charge >= 0.3 is 0 Å². The molecule has 2 aromatic heterocycles.